The highest BCUT2D eigenvalue weighted by Gasteiger charge is 2.36. The summed E-state index contributed by atoms with van der Waals surface area (Å²) >= 11 is 0. The number of hydrogen-bond acceptors (Lipinski definition) is 5. The molecule has 166 valence electrons. The molecule has 4 rings (SSSR count). The van der Waals surface area contributed by atoms with Crippen LogP contribution in [-0.4, -0.2) is 57.1 Å². The van der Waals surface area contributed by atoms with Crippen LogP contribution < -0.4 is 10.1 Å². The van der Waals surface area contributed by atoms with Crippen molar-refractivity contribution in [2.45, 2.75) is 31.7 Å². The van der Waals surface area contributed by atoms with E-state index >= 15 is 0 Å². The SMILES string of the molecule is O=C(NCc1ccccc1)c1cn(C[C@@H]2C[C@H](F)CN2C(=O)COc2ccccc2)nn1. The predicted molar refractivity (Wildman–Crippen MR) is 115 cm³/mol. The molecule has 0 radical (unpaired) electrons. The highest BCUT2D eigenvalue weighted by molar-refractivity contribution is 5.91. The highest BCUT2D eigenvalue weighted by atomic mass is 19.1. The van der Waals surface area contributed by atoms with E-state index in [0.29, 0.717) is 12.3 Å². The normalized spacial score (nSPS) is 17.8. The van der Waals surface area contributed by atoms with E-state index in [0.717, 1.165) is 5.56 Å². The van der Waals surface area contributed by atoms with Gasteiger partial charge in [0, 0.05) is 13.0 Å². The molecule has 8 nitrogen and oxygen atoms in total. The number of carbonyl (C=O) groups is 2. The number of nitrogens with zero attached hydrogens (tertiary/aromatic N) is 4. The lowest BCUT2D eigenvalue weighted by Gasteiger charge is -2.24. The molecule has 32 heavy (non-hydrogen) atoms. The molecule has 3 aromatic rings. The number of halogens is 1. The number of ether oxygens (including phenoxy) is 1. The average Bonchev–Trinajstić information content (AvgIpc) is 3.44. The average molecular weight is 437 g/mol. The number of likely N-dealkylation sites (tertiary alicyclic amines) is 1. The molecular formula is C23H24FN5O3. The van der Waals surface area contributed by atoms with Crippen molar-refractivity contribution in [3.63, 3.8) is 0 Å². The summed E-state index contributed by atoms with van der Waals surface area (Å²) in [5.41, 5.74) is 1.14. The minimum absolute atomic E-state index is 0.0146. The molecule has 1 saturated heterocycles. The minimum atomic E-state index is -1.11. The number of alkyl halides is 1. The zero-order valence-corrected chi connectivity index (χ0v) is 17.4. The second-order valence-electron chi connectivity index (χ2n) is 7.63. The first-order valence-electron chi connectivity index (χ1n) is 10.4. The number of carbonyl (C=O) groups excluding carboxylic acids is 2. The Bertz CT molecular complexity index is 1040. The van der Waals surface area contributed by atoms with Crippen molar-refractivity contribution in [2.75, 3.05) is 13.2 Å². The molecule has 1 aliphatic rings. The third-order valence-corrected chi connectivity index (χ3v) is 5.25. The zero-order chi connectivity index (χ0) is 22.3. The van der Waals surface area contributed by atoms with E-state index in [1.54, 1.807) is 12.1 Å². The first-order valence-corrected chi connectivity index (χ1v) is 10.4. The summed E-state index contributed by atoms with van der Waals surface area (Å²) in [6.45, 7) is 0.470. The summed E-state index contributed by atoms with van der Waals surface area (Å²) < 4.78 is 21.1. The van der Waals surface area contributed by atoms with Crippen molar-refractivity contribution >= 4 is 11.8 Å². The van der Waals surface area contributed by atoms with Crippen LogP contribution in [0.15, 0.2) is 66.9 Å². The van der Waals surface area contributed by atoms with Crippen LogP contribution in [0.4, 0.5) is 4.39 Å². The fourth-order valence-corrected chi connectivity index (χ4v) is 3.66. The number of aromatic nitrogens is 3. The maximum atomic E-state index is 14.1. The molecule has 1 aliphatic heterocycles. The van der Waals surface area contributed by atoms with Crippen molar-refractivity contribution in [1.29, 1.82) is 0 Å². The number of para-hydroxylation sites is 1. The summed E-state index contributed by atoms with van der Waals surface area (Å²) in [4.78, 5) is 26.4. The number of hydrogen-bond donors (Lipinski definition) is 1. The third kappa shape index (κ3) is 5.48. The van der Waals surface area contributed by atoms with E-state index in [2.05, 4.69) is 15.6 Å². The molecular weight excluding hydrogens is 413 g/mol. The van der Waals surface area contributed by atoms with Gasteiger partial charge in [0.1, 0.15) is 11.9 Å². The standard InChI is InChI=1S/C23H24FN5O3/c24-18-11-19(29(13-18)22(30)16-32-20-9-5-2-6-10-20)14-28-15-21(26-27-28)23(31)25-12-17-7-3-1-4-8-17/h1-10,15,18-19H,11-14,16H2,(H,25,31)/t18-,19-/m0/s1. The van der Waals surface area contributed by atoms with Crippen LogP contribution in [0, 0.1) is 0 Å². The van der Waals surface area contributed by atoms with Gasteiger partial charge in [-0.25, -0.2) is 9.07 Å². The molecule has 2 heterocycles. The summed E-state index contributed by atoms with van der Waals surface area (Å²) in [5.74, 6) is -0.0603. The largest absolute Gasteiger partial charge is 0.484 e. The van der Waals surface area contributed by atoms with E-state index in [1.165, 1.54) is 15.8 Å². The van der Waals surface area contributed by atoms with E-state index in [1.807, 2.05) is 48.5 Å². The van der Waals surface area contributed by atoms with Crippen LogP contribution in [0.5, 0.6) is 5.75 Å². The Labute approximate surface area is 185 Å². The second-order valence-corrected chi connectivity index (χ2v) is 7.63. The Morgan fingerprint density at radius 1 is 1.09 bits per heavy atom. The number of amides is 2. The van der Waals surface area contributed by atoms with Gasteiger partial charge in [-0.1, -0.05) is 53.7 Å². The fourth-order valence-electron chi connectivity index (χ4n) is 3.66. The number of rotatable bonds is 8. The van der Waals surface area contributed by atoms with Gasteiger partial charge in [0.25, 0.3) is 11.8 Å². The Morgan fingerprint density at radius 3 is 2.56 bits per heavy atom. The first-order chi connectivity index (χ1) is 15.6. The van der Waals surface area contributed by atoms with Crippen LogP contribution in [0.25, 0.3) is 0 Å². The predicted octanol–water partition coefficient (Wildman–Crippen LogP) is 2.23. The molecule has 0 unspecified atom stereocenters. The van der Waals surface area contributed by atoms with Crippen LogP contribution in [0.3, 0.4) is 0 Å². The third-order valence-electron chi connectivity index (χ3n) is 5.25. The van der Waals surface area contributed by atoms with Crippen molar-refractivity contribution in [3.8, 4) is 5.75 Å². The van der Waals surface area contributed by atoms with E-state index in [4.69, 9.17) is 4.74 Å². The summed E-state index contributed by atoms with van der Waals surface area (Å²) in [6, 6.07) is 18.1. The number of nitrogens with one attached hydrogen (secondary N) is 1. The lowest BCUT2D eigenvalue weighted by atomic mass is 10.2. The van der Waals surface area contributed by atoms with E-state index < -0.39 is 6.17 Å². The van der Waals surface area contributed by atoms with Gasteiger partial charge < -0.3 is 15.0 Å². The van der Waals surface area contributed by atoms with Gasteiger partial charge >= 0.3 is 0 Å². The molecule has 1 N–H and O–H groups in total. The van der Waals surface area contributed by atoms with E-state index in [-0.39, 0.29) is 49.7 Å². The van der Waals surface area contributed by atoms with Gasteiger partial charge in [0.2, 0.25) is 0 Å². The van der Waals surface area contributed by atoms with Gasteiger partial charge in [-0.3, -0.25) is 9.59 Å². The Hall–Kier alpha value is -3.75. The monoisotopic (exact) mass is 437 g/mol. The van der Waals surface area contributed by atoms with Crippen LogP contribution in [0.2, 0.25) is 0 Å². The zero-order valence-electron chi connectivity index (χ0n) is 17.4. The van der Waals surface area contributed by atoms with Crippen molar-refractivity contribution in [1.82, 2.24) is 25.2 Å². The summed E-state index contributed by atoms with van der Waals surface area (Å²) in [7, 11) is 0. The molecule has 0 spiro atoms. The van der Waals surface area contributed by atoms with Crippen LogP contribution in [0.1, 0.15) is 22.5 Å². The summed E-state index contributed by atoms with van der Waals surface area (Å²) in [5, 5.41) is 10.7. The topological polar surface area (TPSA) is 89.4 Å². The van der Waals surface area contributed by atoms with Crippen molar-refractivity contribution < 1.29 is 18.7 Å². The minimum Gasteiger partial charge on any atom is -0.484 e. The van der Waals surface area contributed by atoms with Crippen LogP contribution >= 0.6 is 0 Å². The first kappa shape index (κ1) is 21.5. The molecule has 2 atom stereocenters. The van der Waals surface area contributed by atoms with Gasteiger partial charge in [-0.2, -0.15) is 0 Å². The molecule has 2 amide bonds. The lowest BCUT2D eigenvalue weighted by molar-refractivity contribution is -0.134. The second kappa shape index (κ2) is 10.0. The van der Waals surface area contributed by atoms with Gasteiger partial charge in [0.15, 0.2) is 12.3 Å². The Kier molecular flexibility index (Phi) is 6.74. The fraction of sp³-hybridized carbons (Fsp3) is 0.304. The van der Waals surface area contributed by atoms with Crippen LogP contribution in [-0.2, 0) is 17.9 Å². The smallest absolute Gasteiger partial charge is 0.273 e. The highest BCUT2D eigenvalue weighted by Crippen LogP contribution is 2.22. The van der Waals surface area contributed by atoms with Crippen molar-refractivity contribution in [3.05, 3.63) is 78.1 Å². The van der Waals surface area contributed by atoms with Gasteiger partial charge in [-0.05, 0) is 17.7 Å². The van der Waals surface area contributed by atoms with Gasteiger partial charge in [-0.15, -0.1) is 5.10 Å². The molecule has 0 aliphatic carbocycles. The molecule has 9 heteroatoms. The molecule has 1 aromatic heterocycles. The summed E-state index contributed by atoms with van der Waals surface area (Å²) in [6.07, 6.45) is 0.597. The molecule has 1 fully saturated rings. The lowest BCUT2D eigenvalue weighted by Crippen LogP contribution is -2.41. The quantitative estimate of drug-likeness (QED) is 0.584. The van der Waals surface area contributed by atoms with E-state index in [9.17, 15) is 14.0 Å². The Balaban J connectivity index is 1.32. The van der Waals surface area contributed by atoms with Crippen molar-refractivity contribution in [2.24, 2.45) is 0 Å². The van der Waals surface area contributed by atoms with Gasteiger partial charge in [0.05, 0.1) is 25.3 Å². The maximum absolute atomic E-state index is 14.1. The maximum Gasteiger partial charge on any atom is 0.273 e. The molecule has 0 bridgehead atoms. The Morgan fingerprint density at radius 2 is 1.81 bits per heavy atom. The number of benzene rings is 2. The molecule has 0 saturated carbocycles. The molecule has 2 aromatic carbocycles.